The first-order valence-corrected chi connectivity index (χ1v) is 9.02. The van der Waals surface area contributed by atoms with Gasteiger partial charge >= 0.3 is 5.97 Å². The number of rotatable bonds is 3. The molecule has 1 unspecified atom stereocenters. The highest BCUT2D eigenvalue weighted by atomic mass is 19.1. The number of halogens is 2. The molecule has 1 aromatic heterocycles. The number of methoxy groups -OCH3 is 1. The largest absolute Gasteiger partial charge is 0.468 e. The third kappa shape index (κ3) is 2.63. The Morgan fingerprint density at radius 1 is 1.14 bits per heavy atom. The molecular formula is C22H20F2N2O2. The molecule has 0 N–H and O–H groups in total. The highest BCUT2D eigenvalue weighted by Gasteiger charge is 2.50. The summed E-state index contributed by atoms with van der Waals surface area (Å²) in [5.74, 6) is -1.08. The van der Waals surface area contributed by atoms with Crippen LogP contribution in [0.4, 0.5) is 8.78 Å². The lowest BCUT2D eigenvalue weighted by molar-refractivity contribution is -0.147. The van der Waals surface area contributed by atoms with Crippen molar-refractivity contribution in [2.24, 2.45) is 7.05 Å². The first-order chi connectivity index (χ1) is 13.4. The van der Waals surface area contributed by atoms with E-state index >= 15 is 0 Å². The number of aromatic nitrogens is 2. The monoisotopic (exact) mass is 382 g/mol. The number of nitrogens with zero attached hydrogens (tertiary/aromatic N) is 2. The molecule has 28 heavy (non-hydrogen) atoms. The lowest BCUT2D eigenvalue weighted by Crippen LogP contribution is -2.39. The summed E-state index contributed by atoms with van der Waals surface area (Å²) >= 11 is 0. The van der Waals surface area contributed by atoms with Crippen LogP contribution in [0.1, 0.15) is 22.4 Å². The molecule has 1 heterocycles. The molecular weight excluding hydrogens is 362 g/mol. The SMILES string of the molecule is COC(=O)C1(c2cccc(F)c2C)Cc2nn(C)c(-c3ccc(F)cc3)c2C1. The zero-order chi connectivity index (χ0) is 20.1. The maximum Gasteiger partial charge on any atom is 0.317 e. The van der Waals surface area contributed by atoms with Crippen molar-refractivity contribution in [3.05, 3.63) is 76.5 Å². The van der Waals surface area contributed by atoms with Crippen molar-refractivity contribution in [1.29, 1.82) is 0 Å². The molecule has 1 aliphatic rings. The molecule has 2 aromatic carbocycles. The Labute approximate surface area is 161 Å². The molecule has 3 aromatic rings. The number of fused-ring (bicyclic) bond motifs is 1. The Kier molecular flexibility index (Phi) is 4.29. The van der Waals surface area contributed by atoms with E-state index < -0.39 is 11.4 Å². The molecule has 0 saturated heterocycles. The molecule has 0 aliphatic heterocycles. The van der Waals surface area contributed by atoms with E-state index in [1.54, 1.807) is 35.9 Å². The highest BCUT2D eigenvalue weighted by Crippen LogP contribution is 2.45. The minimum atomic E-state index is -1.03. The van der Waals surface area contributed by atoms with E-state index in [0.29, 0.717) is 24.0 Å². The molecule has 6 heteroatoms. The van der Waals surface area contributed by atoms with Gasteiger partial charge in [-0.2, -0.15) is 5.10 Å². The van der Waals surface area contributed by atoms with E-state index in [2.05, 4.69) is 5.10 Å². The van der Waals surface area contributed by atoms with Gasteiger partial charge in [0, 0.05) is 24.6 Å². The standard InChI is InChI=1S/C22H20F2N2O2/c1-13-17(5-4-6-18(13)24)22(21(27)28-3)11-16-19(12-22)25-26(2)20(16)14-7-9-15(23)10-8-14/h4-10H,11-12H2,1-3H3. The van der Waals surface area contributed by atoms with Gasteiger partial charge in [-0.1, -0.05) is 12.1 Å². The molecule has 0 spiro atoms. The summed E-state index contributed by atoms with van der Waals surface area (Å²) < 4.78 is 34.5. The number of carbonyl (C=O) groups excluding carboxylic acids is 1. The molecule has 1 atom stereocenters. The zero-order valence-corrected chi connectivity index (χ0v) is 15.9. The molecule has 0 fully saturated rings. The second-order valence-electron chi connectivity index (χ2n) is 7.24. The van der Waals surface area contributed by atoms with Crippen molar-refractivity contribution < 1.29 is 18.3 Å². The van der Waals surface area contributed by atoms with Gasteiger partial charge in [0.15, 0.2) is 0 Å². The number of benzene rings is 2. The number of carbonyl (C=O) groups is 1. The summed E-state index contributed by atoms with van der Waals surface area (Å²) in [4.78, 5) is 12.9. The number of hydrogen-bond acceptors (Lipinski definition) is 3. The van der Waals surface area contributed by atoms with Gasteiger partial charge in [0.2, 0.25) is 0 Å². The third-order valence-corrected chi connectivity index (χ3v) is 5.65. The van der Waals surface area contributed by atoms with Gasteiger partial charge in [0.25, 0.3) is 0 Å². The highest BCUT2D eigenvalue weighted by molar-refractivity contribution is 5.87. The Morgan fingerprint density at radius 3 is 2.54 bits per heavy atom. The maximum absolute atomic E-state index is 14.3. The van der Waals surface area contributed by atoms with E-state index in [4.69, 9.17) is 4.74 Å². The van der Waals surface area contributed by atoms with Gasteiger partial charge in [-0.25, -0.2) is 8.78 Å². The van der Waals surface area contributed by atoms with Crippen LogP contribution < -0.4 is 0 Å². The van der Waals surface area contributed by atoms with Crippen molar-refractivity contribution in [3.8, 4) is 11.3 Å². The van der Waals surface area contributed by atoms with Crippen molar-refractivity contribution in [3.63, 3.8) is 0 Å². The maximum atomic E-state index is 14.3. The predicted molar refractivity (Wildman–Crippen MR) is 101 cm³/mol. The Bertz CT molecular complexity index is 1070. The van der Waals surface area contributed by atoms with E-state index in [1.807, 2.05) is 7.05 Å². The predicted octanol–water partition coefficient (Wildman–Crippen LogP) is 3.88. The Balaban J connectivity index is 1.87. The smallest absolute Gasteiger partial charge is 0.317 e. The second kappa shape index (κ2) is 6.55. The molecule has 0 bridgehead atoms. The van der Waals surface area contributed by atoms with E-state index in [0.717, 1.165) is 22.5 Å². The molecule has 0 amide bonds. The topological polar surface area (TPSA) is 44.1 Å². The summed E-state index contributed by atoms with van der Waals surface area (Å²) in [6, 6.07) is 10.9. The van der Waals surface area contributed by atoms with Gasteiger partial charge in [0.1, 0.15) is 17.0 Å². The van der Waals surface area contributed by atoms with Crippen molar-refractivity contribution in [2.75, 3.05) is 7.11 Å². The number of esters is 1. The average Bonchev–Trinajstić information content (AvgIpc) is 3.18. The fourth-order valence-electron chi connectivity index (χ4n) is 4.34. The van der Waals surface area contributed by atoms with Crippen LogP contribution in [0.15, 0.2) is 42.5 Å². The average molecular weight is 382 g/mol. The molecule has 0 radical (unpaired) electrons. The lowest BCUT2D eigenvalue weighted by Gasteiger charge is -2.28. The summed E-state index contributed by atoms with van der Waals surface area (Å²) in [7, 11) is 3.17. The number of aryl methyl sites for hydroxylation is 1. The molecule has 4 rings (SSSR count). The minimum absolute atomic E-state index is 0.318. The van der Waals surface area contributed by atoms with Crippen LogP contribution in [0.5, 0.6) is 0 Å². The summed E-state index contributed by atoms with van der Waals surface area (Å²) in [6.45, 7) is 1.67. The third-order valence-electron chi connectivity index (χ3n) is 5.65. The molecule has 4 nitrogen and oxygen atoms in total. The van der Waals surface area contributed by atoms with Gasteiger partial charge in [0.05, 0.1) is 18.5 Å². The van der Waals surface area contributed by atoms with Gasteiger partial charge in [-0.3, -0.25) is 9.48 Å². The van der Waals surface area contributed by atoms with Crippen LogP contribution in [-0.2, 0) is 34.8 Å². The van der Waals surface area contributed by atoms with E-state index in [9.17, 15) is 13.6 Å². The van der Waals surface area contributed by atoms with Gasteiger partial charge < -0.3 is 4.74 Å². The van der Waals surface area contributed by atoms with E-state index in [-0.39, 0.29) is 11.6 Å². The molecule has 144 valence electrons. The van der Waals surface area contributed by atoms with Crippen LogP contribution in [0.3, 0.4) is 0 Å². The lowest BCUT2D eigenvalue weighted by atomic mass is 9.75. The minimum Gasteiger partial charge on any atom is -0.468 e. The van der Waals surface area contributed by atoms with Crippen LogP contribution in [0.2, 0.25) is 0 Å². The molecule has 1 aliphatic carbocycles. The Hall–Kier alpha value is -3.02. The number of ether oxygens (including phenoxy) is 1. The summed E-state index contributed by atoms with van der Waals surface area (Å²) in [5.41, 5.74) is 3.35. The normalized spacial score (nSPS) is 18.2. The summed E-state index contributed by atoms with van der Waals surface area (Å²) in [6.07, 6.45) is 0.675. The quantitative estimate of drug-likeness (QED) is 0.646. The van der Waals surface area contributed by atoms with Crippen LogP contribution in [0.25, 0.3) is 11.3 Å². The number of hydrogen-bond donors (Lipinski definition) is 0. The fraction of sp³-hybridized carbons (Fsp3) is 0.273. The van der Waals surface area contributed by atoms with Crippen molar-refractivity contribution in [1.82, 2.24) is 9.78 Å². The van der Waals surface area contributed by atoms with Crippen LogP contribution >= 0.6 is 0 Å². The first-order valence-electron chi connectivity index (χ1n) is 9.02. The van der Waals surface area contributed by atoms with Crippen molar-refractivity contribution >= 4 is 5.97 Å². The van der Waals surface area contributed by atoms with Crippen LogP contribution in [0, 0.1) is 18.6 Å². The first kappa shape index (κ1) is 18.3. The van der Waals surface area contributed by atoms with Crippen LogP contribution in [-0.4, -0.2) is 22.9 Å². The van der Waals surface area contributed by atoms with E-state index in [1.165, 1.54) is 25.3 Å². The fourth-order valence-corrected chi connectivity index (χ4v) is 4.34. The van der Waals surface area contributed by atoms with Gasteiger partial charge in [-0.05, 0) is 54.8 Å². The summed E-state index contributed by atoms with van der Waals surface area (Å²) in [5, 5.41) is 4.60. The van der Waals surface area contributed by atoms with Crippen molar-refractivity contribution in [2.45, 2.75) is 25.2 Å². The zero-order valence-electron chi connectivity index (χ0n) is 15.9. The molecule has 0 saturated carbocycles. The second-order valence-corrected chi connectivity index (χ2v) is 7.24. The van der Waals surface area contributed by atoms with Gasteiger partial charge in [-0.15, -0.1) is 0 Å². The Morgan fingerprint density at radius 2 is 1.86 bits per heavy atom.